The average molecular weight is 570 g/mol. The molecule has 0 atom stereocenters. The number of amides is 2. The summed E-state index contributed by atoms with van der Waals surface area (Å²) >= 11 is 1.98. The fourth-order valence-electron chi connectivity index (χ4n) is 4.02. The Morgan fingerprint density at radius 3 is 2.15 bits per heavy atom. The number of carbonyl (C=O) groups is 3. The summed E-state index contributed by atoms with van der Waals surface area (Å²) in [5.74, 6) is -1.68. The van der Waals surface area contributed by atoms with Crippen LogP contribution in [0.25, 0.3) is 11.1 Å². The van der Waals surface area contributed by atoms with Crippen molar-refractivity contribution in [1.82, 2.24) is 5.32 Å². The predicted octanol–water partition coefficient (Wildman–Crippen LogP) is 5.25. The van der Waals surface area contributed by atoms with Gasteiger partial charge in [-0.25, -0.2) is 9.59 Å². The Morgan fingerprint density at radius 1 is 0.971 bits per heavy atom. The molecule has 0 aromatic heterocycles. The van der Waals surface area contributed by atoms with Gasteiger partial charge in [0.15, 0.2) is 0 Å². The van der Waals surface area contributed by atoms with Gasteiger partial charge >= 0.3 is 12.1 Å². The molecular formula is C26H23IN2O5. The number of benzene rings is 3. The van der Waals surface area contributed by atoms with Crippen molar-refractivity contribution in [3.05, 3.63) is 87.0 Å². The van der Waals surface area contributed by atoms with Gasteiger partial charge in [-0.3, -0.25) is 4.79 Å². The van der Waals surface area contributed by atoms with E-state index in [1.807, 2.05) is 59.0 Å². The number of carboxylic acid groups (broad SMARTS) is 1. The van der Waals surface area contributed by atoms with Crippen LogP contribution in [0.2, 0.25) is 0 Å². The topological polar surface area (TPSA) is 105 Å². The number of aromatic carboxylic acids is 1. The number of nitrogens with one attached hydrogen (secondary N) is 2. The van der Waals surface area contributed by atoms with E-state index in [1.54, 1.807) is 19.9 Å². The summed E-state index contributed by atoms with van der Waals surface area (Å²) in [4.78, 5) is 36.7. The number of hydrogen-bond acceptors (Lipinski definition) is 4. The van der Waals surface area contributed by atoms with Gasteiger partial charge in [0.25, 0.3) is 0 Å². The third-order valence-electron chi connectivity index (χ3n) is 5.73. The zero-order valence-corrected chi connectivity index (χ0v) is 20.8. The van der Waals surface area contributed by atoms with Gasteiger partial charge in [0, 0.05) is 15.2 Å². The van der Waals surface area contributed by atoms with Crippen LogP contribution in [0.5, 0.6) is 0 Å². The molecule has 8 heteroatoms. The van der Waals surface area contributed by atoms with Gasteiger partial charge in [0.05, 0.1) is 5.56 Å². The van der Waals surface area contributed by atoms with E-state index in [9.17, 15) is 19.5 Å². The van der Waals surface area contributed by atoms with Crippen LogP contribution < -0.4 is 10.6 Å². The molecule has 2 amide bonds. The summed E-state index contributed by atoms with van der Waals surface area (Å²) in [5.41, 5.74) is 3.55. The lowest BCUT2D eigenvalue weighted by Gasteiger charge is -2.25. The second kappa shape index (κ2) is 9.46. The second-order valence-electron chi connectivity index (χ2n) is 8.56. The number of halogens is 1. The highest BCUT2D eigenvalue weighted by molar-refractivity contribution is 14.1. The molecule has 0 spiro atoms. The molecule has 7 nitrogen and oxygen atoms in total. The minimum absolute atomic E-state index is 0.0597. The van der Waals surface area contributed by atoms with E-state index in [4.69, 9.17) is 4.74 Å². The van der Waals surface area contributed by atoms with E-state index >= 15 is 0 Å². The number of ether oxygens (including phenoxy) is 1. The number of fused-ring (bicyclic) bond motifs is 3. The number of alkyl carbamates (subject to hydrolysis) is 1. The number of rotatable bonds is 6. The molecule has 34 heavy (non-hydrogen) atoms. The van der Waals surface area contributed by atoms with Crippen LogP contribution in [0.1, 0.15) is 41.3 Å². The smallest absolute Gasteiger partial charge is 0.408 e. The lowest BCUT2D eigenvalue weighted by Crippen LogP contribution is -2.52. The first-order chi connectivity index (χ1) is 16.2. The fourth-order valence-corrected chi connectivity index (χ4v) is 4.69. The average Bonchev–Trinajstić information content (AvgIpc) is 3.10. The lowest BCUT2D eigenvalue weighted by atomic mass is 9.98. The molecule has 4 rings (SSSR count). The Balaban J connectivity index is 1.41. The van der Waals surface area contributed by atoms with Gasteiger partial charge in [-0.05, 0) is 76.9 Å². The van der Waals surface area contributed by atoms with Crippen LogP contribution in [0.4, 0.5) is 10.5 Å². The van der Waals surface area contributed by atoms with Crippen molar-refractivity contribution in [1.29, 1.82) is 0 Å². The Kier molecular flexibility index (Phi) is 6.60. The zero-order valence-electron chi connectivity index (χ0n) is 18.6. The van der Waals surface area contributed by atoms with E-state index in [-0.39, 0.29) is 18.1 Å². The molecule has 174 valence electrons. The van der Waals surface area contributed by atoms with Crippen molar-refractivity contribution < 1.29 is 24.2 Å². The molecule has 0 fully saturated rings. The molecule has 0 bridgehead atoms. The summed E-state index contributed by atoms with van der Waals surface area (Å²) in [6.07, 6.45) is -0.712. The number of anilines is 1. The van der Waals surface area contributed by atoms with Crippen molar-refractivity contribution in [3.63, 3.8) is 0 Å². The van der Waals surface area contributed by atoms with Gasteiger partial charge in [-0.15, -0.1) is 0 Å². The lowest BCUT2D eigenvalue weighted by molar-refractivity contribution is -0.121. The van der Waals surface area contributed by atoms with Crippen LogP contribution in [0.15, 0.2) is 66.7 Å². The van der Waals surface area contributed by atoms with Gasteiger partial charge < -0.3 is 20.5 Å². The quantitative estimate of drug-likeness (QED) is 0.352. The molecule has 0 saturated heterocycles. The van der Waals surface area contributed by atoms with E-state index in [2.05, 4.69) is 22.8 Å². The molecule has 0 unspecified atom stereocenters. The standard InChI is InChI=1S/C26H23IN2O5/c1-26(2,24(32)28-17-12-15(23(30)31)11-16(27)13-17)29-25(33)34-14-22-20-9-5-3-7-18(20)19-8-4-6-10-21(19)22/h3-13,22H,14H2,1-2H3,(H,28,32)(H,29,33)(H,30,31). The third-order valence-corrected chi connectivity index (χ3v) is 6.35. The summed E-state index contributed by atoms with van der Waals surface area (Å²) in [6, 6.07) is 20.6. The van der Waals surface area contributed by atoms with Crippen molar-refractivity contribution in [3.8, 4) is 11.1 Å². The summed E-state index contributed by atoms with van der Waals surface area (Å²) in [6.45, 7) is 3.24. The van der Waals surface area contributed by atoms with Crippen LogP contribution >= 0.6 is 22.6 Å². The van der Waals surface area contributed by atoms with Gasteiger partial charge in [-0.2, -0.15) is 0 Å². The first-order valence-electron chi connectivity index (χ1n) is 10.6. The fraction of sp³-hybridized carbons (Fsp3) is 0.192. The number of hydrogen-bond donors (Lipinski definition) is 3. The Labute approximate surface area is 210 Å². The Bertz CT molecular complexity index is 1240. The highest BCUT2D eigenvalue weighted by Crippen LogP contribution is 2.44. The van der Waals surface area contributed by atoms with E-state index in [0.717, 1.165) is 22.3 Å². The maximum Gasteiger partial charge on any atom is 0.408 e. The largest absolute Gasteiger partial charge is 0.478 e. The van der Waals surface area contributed by atoms with Gasteiger partial charge in [0.2, 0.25) is 5.91 Å². The molecule has 0 heterocycles. The Hall–Kier alpha value is -3.40. The SMILES string of the molecule is CC(C)(NC(=O)OCC1c2ccccc2-c2ccccc21)C(=O)Nc1cc(I)cc(C(=O)O)c1. The summed E-state index contributed by atoms with van der Waals surface area (Å²) in [7, 11) is 0. The maximum atomic E-state index is 12.8. The summed E-state index contributed by atoms with van der Waals surface area (Å²) < 4.78 is 6.20. The van der Waals surface area contributed by atoms with E-state index in [1.165, 1.54) is 12.1 Å². The van der Waals surface area contributed by atoms with E-state index < -0.39 is 23.5 Å². The number of carbonyl (C=O) groups excluding carboxylic acids is 2. The molecule has 3 aromatic carbocycles. The molecular weight excluding hydrogens is 547 g/mol. The molecule has 0 saturated carbocycles. The molecule has 3 N–H and O–H groups in total. The van der Waals surface area contributed by atoms with Crippen LogP contribution in [0.3, 0.4) is 0 Å². The van der Waals surface area contributed by atoms with Crippen molar-refractivity contribution in [2.45, 2.75) is 25.3 Å². The maximum absolute atomic E-state index is 12.8. The minimum atomic E-state index is -1.30. The molecule has 3 aromatic rings. The number of carboxylic acids is 1. The highest BCUT2D eigenvalue weighted by Gasteiger charge is 2.32. The monoisotopic (exact) mass is 570 g/mol. The Morgan fingerprint density at radius 2 is 1.56 bits per heavy atom. The molecule has 1 aliphatic rings. The van der Waals surface area contributed by atoms with Gasteiger partial charge in [-0.1, -0.05) is 48.5 Å². The third kappa shape index (κ3) is 4.91. The first-order valence-corrected chi connectivity index (χ1v) is 11.7. The van der Waals surface area contributed by atoms with Crippen LogP contribution in [-0.4, -0.2) is 35.2 Å². The molecule has 0 aliphatic heterocycles. The minimum Gasteiger partial charge on any atom is -0.478 e. The molecule has 0 radical (unpaired) electrons. The normalized spacial score (nSPS) is 12.4. The van der Waals surface area contributed by atoms with E-state index in [0.29, 0.717) is 9.26 Å². The van der Waals surface area contributed by atoms with Gasteiger partial charge in [0.1, 0.15) is 12.1 Å². The summed E-state index contributed by atoms with van der Waals surface area (Å²) in [5, 5.41) is 14.5. The first kappa shape index (κ1) is 23.7. The second-order valence-corrected chi connectivity index (χ2v) is 9.81. The van der Waals surface area contributed by atoms with Crippen molar-refractivity contribution in [2.75, 3.05) is 11.9 Å². The molecule has 1 aliphatic carbocycles. The van der Waals surface area contributed by atoms with Crippen molar-refractivity contribution in [2.24, 2.45) is 0 Å². The zero-order chi connectivity index (χ0) is 24.5. The van der Waals surface area contributed by atoms with Crippen molar-refractivity contribution >= 4 is 46.2 Å². The predicted molar refractivity (Wildman–Crippen MR) is 137 cm³/mol. The van der Waals surface area contributed by atoms with Crippen LogP contribution in [-0.2, 0) is 9.53 Å². The van der Waals surface area contributed by atoms with Crippen LogP contribution in [0, 0.1) is 3.57 Å². The highest BCUT2D eigenvalue weighted by atomic mass is 127.